The van der Waals surface area contributed by atoms with Crippen LogP contribution in [0.15, 0.2) is 5.38 Å². The van der Waals surface area contributed by atoms with Crippen LogP contribution in [0.1, 0.15) is 43.2 Å². The molecular weight excluding hydrogens is 252 g/mol. The van der Waals surface area contributed by atoms with Gasteiger partial charge in [-0.1, -0.05) is 0 Å². The first-order chi connectivity index (χ1) is 8.19. The van der Waals surface area contributed by atoms with Gasteiger partial charge in [-0.15, -0.1) is 11.3 Å². The topological polar surface area (TPSA) is 68.3 Å². The van der Waals surface area contributed by atoms with Crippen molar-refractivity contribution in [1.82, 2.24) is 10.3 Å². The lowest BCUT2D eigenvalue weighted by Gasteiger charge is -2.21. The van der Waals surface area contributed by atoms with Crippen molar-refractivity contribution in [2.45, 2.75) is 46.3 Å². The first-order valence-electron chi connectivity index (χ1n) is 5.65. The minimum atomic E-state index is -0.652. The molecular formula is C12H18N2O3S. The number of rotatable bonds is 3. The third kappa shape index (κ3) is 4.44. The van der Waals surface area contributed by atoms with Gasteiger partial charge in [0.05, 0.1) is 11.0 Å². The SMILES string of the molecule is Cc1nc(C(=O)[C@H](C)NC(=O)OC(C)(C)C)cs1. The number of Topliss-reactive ketones (excluding diaryl/α,β-unsaturated/α-hetero) is 1. The fraction of sp³-hybridized carbons (Fsp3) is 0.583. The average molecular weight is 270 g/mol. The Balaban J connectivity index is 2.58. The lowest BCUT2D eigenvalue weighted by Crippen LogP contribution is -2.41. The molecule has 0 bridgehead atoms. The molecule has 0 aliphatic carbocycles. The molecule has 0 saturated heterocycles. The van der Waals surface area contributed by atoms with Crippen molar-refractivity contribution in [3.63, 3.8) is 0 Å². The highest BCUT2D eigenvalue weighted by Gasteiger charge is 2.22. The number of ether oxygens (including phenoxy) is 1. The molecule has 0 saturated carbocycles. The molecule has 1 aromatic rings. The number of hydrogen-bond donors (Lipinski definition) is 1. The highest BCUT2D eigenvalue weighted by Crippen LogP contribution is 2.11. The third-order valence-corrected chi connectivity index (χ3v) is 2.77. The monoisotopic (exact) mass is 270 g/mol. The minimum absolute atomic E-state index is 0.217. The van der Waals surface area contributed by atoms with Crippen molar-refractivity contribution in [2.24, 2.45) is 0 Å². The number of carbonyl (C=O) groups excluding carboxylic acids is 2. The molecule has 0 unspecified atom stereocenters. The van der Waals surface area contributed by atoms with E-state index < -0.39 is 17.7 Å². The number of aromatic nitrogens is 1. The normalized spacial score (nSPS) is 12.9. The molecule has 1 rings (SSSR count). The van der Waals surface area contributed by atoms with E-state index in [0.717, 1.165) is 5.01 Å². The van der Waals surface area contributed by atoms with E-state index in [-0.39, 0.29) is 5.78 Å². The number of nitrogens with one attached hydrogen (secondary N) is 1. The van der Waals surface area contributed by atoms with Gasteiger partial charge in [-0.25, -0.2) is 9.78 Å². The summed E-state index contributed by atoms with van der Waals surface area (Å²) in [5.74, 6) is -0.217. The molecule has 0 radical (unpaired) electrons. The number of hydrogen-bond acceptors (Lipinski definition) is 5. The summed E-state index contributed by atoms with van der Waals surface area (Å²) in [4.78, 5) is 27.5. The van der Waals surface area contributed by atoms with Gasteiger partial charge in [0.25, 0.3) is 0 Å². The van der Waals surface area contributed by atoms with Gasteiger partial charge in [-0.3, -0.25) is 4.79 Å². The standard InChI is InChI=1S/C12H18N2O3S/c1-7(13-11(16)17-12(3,4)5)10(15)9-6-18-8(2)14-9/h6-7H,1-5H3,(H,13,16)/t7-/m0/s1. The zero-order valence-corrected chi connectivity index (χ0v) is 12.1. The predicted molar refractivity (Wildman–Crippen MR) is 70.0 cm³/mol. The number of carbonyl (C=O) groups is 2. The quantitative estimate of drug-likeness (QED) is 0.857. The smallest absolute Gasteiger partial charge is 0.408 e. The van der Waals surface area contributed by atoms with Crippen molar-refractivity contribution in [1.29, 1.82) is 0 Å². The van der Waals surface area contributed by atoms with Gasteiger partial charge in [0.2, 0.25) is 5.78 Å². The van der Waals surface area contributed by atoms with Crippen LogP contribution >= 0.6 is 11.3 Å². The Morgan fingerprint density at radius 3 is 2.50 bits per heavy atom. The Morgan fingerprint density at radius 1 is 1.44 bits per heavy atom. The number of nitrogens with zero attached hydrogens (tertiary/aromatic N) is 1. The maximum absolute atomic E-state index is 11.9. The Labute approximate surface area is 111 Å². The van der Waals surface area contributed by atoms with Gasteiger partial charge in [0, 0.05) is 5.38 Å². The Morgan fingerprint density at radius 2 is 2.06 bits per heavy atom. The van der Waals surface area contributed by atoms with Crippen LogP contribution < -0.4 is 5.32 Å². The summed E-state index contributed by atoms with van der Waals surface area (Å²) in [6, 6.07) is -0.652. The van der Waals surface area contributed by atoms with E-state index in [9.17, 15) is 9.59 Å². The van der Waals surface area contributed by atoms with E-state index in [2.05, 4.69) is 10.3 Å². The van der Waals surface area contributed by atoms with E-state index in [1.807, 2.05) is 6.92 Å². The molecule has 1 amide bonds. The van der Waals surface area contributed by atoms with E-state index >= 15 is 0 Å². The Bertz CT molecular complexity index is 448. The number of amides is 1. The average Bonchev–Trinajstić information content (AvgIpc) is 2.60. The fourth-order valence-electron chi connectivity index (χ4n) is 1.25. The summed E-state index contributed by atoms with van der Waals surface area (Å²) in [5, 5.41) is 5.01. The lowest BCUT2D eigenvalue weighted by molar-refractivity contribution is 0.0496. The van der Waals surface area contributed by atoms with Crippen LogP contribution in [0.4, 0.5) is 4.79 Å². The van der Waals surface area contributed by atoms with Gasteiger partial charge in [0.1, 0.15) is 11.3 Å². The molecule has 5 nitrogen and oxygen atoms in total. The summed E-state index contributed by atoms with van der Waals surface area (Å²) < 4.78 is 5.08. The summed E-state index contributed by atoms with van der Waals surface area (Å²) in [7, 11) is 0. The Hall–Kier alpha value is -1.43. The van der Waals surface area contributed by atoms with Crippen LogP contribution in [-0.2, 0) is 4.74 Å². The molecule has 0 aliphatic heterocycles. The maximum atomic E-state index is 11.9. The third-order valence-electron chi connectivity index (χ3n) is 2.00. The molecule has 6 heteroatoms. The molecule has 0 fully saturated rings. The number of alkyl carbamates (subject to hydrolysis) is 1. The van der Waals surface area contributed by atoms with E-state index in [1.165, 1.54) is 11.3 Å². The molecule has 18 heavy (non-hydrogen) atoms. The van der Waals surface area contributed by atoms with Crippen LogP contribution in [0.25, 0.3) is 0 Å². The molecule has 1 aromatic heterocycles. The van der Waals surface area contributed by atoms with Crippen LogP contribution in [0.3, 0.4) is 0 Å². The number of thiazole rings is 1. The fourth-order valence-corrected chi connectivity index (χ4v) is 1.85. The highest BCUT2D eigenvalue weighted by molar-refractivity contribution is 7.09. The van der Waals surface area contributed by atoms with Gasteiger partial charge >= 0.3 is 6.09 Å². The Kier molecular flexibility index (Phi) is 4.45. The predicted octanol–water partition coefficient (Wildman–Crippen LogP) is 2.55. The maximum Gasteiger partial charge on any atom is 0.408 e. The molecule has 100 valence electrons. The van der Waals surface area contributed by atoms with E-state index in [0.29, 0.717) is 5.69 Å². The zero-order valence-electron chi connectivity index (χ0n) is 11.2. The first kappa shape index (κ1) is 14.6. The van der Waals surface area contributed by atoms with Crippen molar-refractivity contribution in [3.8, 4) is 0 Å². The van der Waals surface area contributed by atoms with E-state index in [1.54, 1.807) is 33.1 Å². The summed E-state index contributed by atoms with van der Waals surface area (Å²) in [6.07, 6.45) is -0.602. The zero-order chi connectivity index (χ0) is 13.9. The summed E-state index contributed by atoms with van der Waals surface area (Å²) in [5.41, 5.74) is -0.203. The second-order valence-electron chi connectivity index (χ2n) is 4.98. The van der Waals surface area contributed by atoms with Crippen LogP contribution in [0.5, 0.6) is 0 Å². The minimum Gasteiger partial charge on any atom is -0.444 e. The van der Waals surface area contributed by atoms with Gasteiger partial charge in [-0.05, 0) is 34.6 Å². The molecule has 1 N–H and O–H groups in total. The number of aryl methyl sites for hydroxylation is 1. The molecule has 0 spiro atoms. The van der Waals surface area contributed by atoms with E-state index in [4.69, 9.17) is 4.74 Å². The van der Waals surface area contributed by atoms with Crippen molar-refractivity contribution >= 4 is 23.2 Å². The second-order valence-corrected chi connectivity index (χ2v) is 6.05. The number of ketones is 1. The van der Waals surface area contributed by atoms with Gasteiger partial charge in [-0.2, -0.15) is 0 Å². The van der Waals surface area contributed by atoms with Crippen molar-refractivity contribution in [3.05, 3.63) is 16.1 Å². The summed E-state index contributed by atoms with van der Waals surface area (Å²) >= 11 is 1.40. The van der Waals surface area contributed by atoms with Gasteiger partial charge < -0.3 is 10.1 Å². The lowest BCUT2D eigenvalue weighted by atomic mass is 10.2. The van der Waals surface area contributed by atoms with Crippen molar-refractivity contribution < 1.29 is 14.3 Å². The first-order valence-corrected chi connectivity index (χ1v) is 6.53. The van der Waals surface area contributed by atoms with Crippen molar-refractivity contribution in [2.75, 3.05) is 0 Å². The second kappa shape index (κ2) is 5.48. The molecule has 1 heterocycles. The highest BCUT2D eigenvalue weighted by atomic mass is 32.1. The molecule has 0 aromatic carbocycles. The van der Waals surface area contributed by atoms with Crippen LogP contribution in [0, 0.1) is 6.92 Å². The largest absolute Gasteiger partial charge is 0.444 e. The summed E-state index contributed by atoms with van der Waals surface area (Å²) in [6.45, 7) is 8.74. The molecule has 0 aliphatic rings. The van der Waals surface area contributed by atoms with Gasteiger partial charge in [0.15, 0.2) is 0 Å². The molecule has 1 atom stereocenters. The van der Waals surface area contributed by atoms with Crippen LogP contribution in [0.2, 0.25) is 0 Å². The van der Waals surface area contributed by atoms with Crippen LogP contribution in [-0.4, -0.2) is 28.5 Å².